The monoisotopic (exact) mass is 254 g/mol. The molecule has 1 rings (SSSR count). The van der Waals surface area contributed by atoms with Crippen LogP contribution in [0.15, 0.2) is 18.2 Å². The molecule has 0 atom stereocenters. The maximum Gasteiger partial charge on any atom is 0.213 e. The van der Waals surface area contributed by atoms with Crippen molar-refractivity contribution in [3.63, 3.8) is 0 Å². The van der Waals surface area contributed by atoms with Gasteiger partial charge in [0, 0.05) is 6.07 Å². The van der Waals surface area contributed by atoms with Crippen molar-refractivity contribution in [2.75, 3.05) is 13.2 Å². The highest BCUT2D eigenvalue weighted by Gasteiger charge is 2.09. The van der Waals surface area contributed by atoms with Crippen molar-refractivity contribution in [3.8, 4) is 5.88 Å². The van der Waals surface area contributed by atoms with Crippen LogP contribution in [0.2, 0.25) is 0 Å². The van der Waals surface area contributed by atoms with Gasteiger partial charge in [-0.2, -0.15) is 0 Å². The lowest BCUT2D eigenvalue weighted by Crippen LogP contribution is -2.22. The van der Waals surface area contributed by atoms with Crippen molar-refractivity contribution in [2.24, 2.45) is 5.73 Å². The Balaban J connectivity index is 2.42. The fourth-order valence-corrected chi connectivity index (χ4v) is 1.24. The molecule has 0 bridgehead atoms. The topological polar surface area (TPSA) is 57.4 Å². The summed E-state index contributed by atoms with van der Waals surface area (Å²) in [6, 6.07) is 5.32. The average molecular weight is 254 g/mol. The third kappa shape index (κ3) is 5.60. The second-order valence-corrected chi connectivity index (χ2v) is 4.97. The molecule has 5 heteroatoms. The zero-order chi connectivity index (χ0) is 12.9. The summed E-state index contributed by atoms with van der Waals surface area (Å²) >= 11 is 4.84. The molecule has 0 saturated carbocycles. The van der Waals surface area contributed by atoms with E-state index in [1.54, 1.807) is 18.2 Å². The Morgan fingerprint density at radius 1 is 1.35 bits per heavy atom. The van der Waals surface area contributed by atoms with Crippen LogP contribution in [-0.4, -0.2) is 28.8 Å². The molecule has 94 valence electrons. The molecule has 0 saturated heterocycles. The Labute approximate surface area is 107 Å². The van der Waals surface area contributed by atoms with Gasteiger partial charge in [0.15, 0.2) is 0 Å². The Morgan fingerprint density at radius 2 is 2.06 bits per heavy atom. The standard InChI is InChI=1S/C12H18N2O2S/c1-12(2,3)16-8-7-15-10-6-4-5-9(14-10)11(13)17/h4-6H,7-8H2,1-3H3,(H2,13,17). The van der Waals surface area contributed by atoms with Crippen LogP contribution in [0, 0.1) is 0 Å². The number of thiocarbonyl (C=S) groups is 1. The van der Waals surface area contributed by atoms with Gasteiger partial charge in [0.05, 0.1) is 12.2 Å². The number of rotatable bonds is 5. The Kier molecular flexibility index (Phi) is 4.84. The molecule has 1 aromatic heterocycles. The first kappa shape index (κ1) is 13.9. The predicted octanol–water partition coefficient (Wildman–Crippen LogP) is 1.91. The van der Waals surface area contributed by atoms with Crippen molar-refractivity contribution >= 4 is 17.2 Å². The van der Waals surface area contributed by atoms with E-state index in [-0.39, 0.29) is 10.6 Å². The minimum Gasteiger partial charge on any atom is -0.475 e. The van der Waals surface area contributed by atoms with E-state index in [4.69, 9.17) is 27.4 Å². The normalized spacial score (nSPS) is 11.2. The molecular formula is C12H18N2O2S. The molecular weight excluding hydrogens is 236 g/mol. The van der Waals surface area contributed by atoms with Crippen molar-refractivity contribution in [3.05, 3.63) is 23.9 Å². The third-order valence-corrected chi connectivity index (χ3v) is 2.05. The summed E-state index contributed by atoms with van der Waals surface area (Å²) in [7, 11) is 0. The molecule has 0 aliphatic heterocycles. The Hall–Kier alpha value is -1.20. The second kappa shape index (κ2) is 5.93. The van der Waals surface area contributed by atoms with E-state index >= 15 is 0 Å². The van der Waals surface area contributed by atoms with Gasteiger partial charge in [-0.05, 0) is 26.8 Å². The largest absolute Gasteiger partial charge is 0.475 e. The van der Waals surface area contributed by atoms with Gasteiger partial charge in [0.25, 0.3) is 0 Å². The number of nitrogens with zero attached hydrogens (tertiary/aromatic N) is 1. The van der Waals surface area contributed by atoms with Gasteiger partial charge in [-0.1, -0.05) is 18.3 Å². The van der Waals surface area contributed by atoms with Gasteiger partial charge in [0.2, 0.25) is 5.88 Å². The van der Waals surface area contributed by atoms with Crippen LogP contribution in [-0.2, 0) is 4.74 Å². The lowest BCUT2D eigenvalue weighted by Gasteiger charge is -2.19. The van der Waals surface area contributed by atoms with Gasteiger partial charge < -0.3 is 15.2 Å². The van der Waals surface area contributed by atoms with Crippen LogP contribution < -0.4 is 10.5 Å². The molecule has 0 aliphatic carbocycles. The lowest BCUT2D eigenvalue weighted by atomic mass is 10.2. The highest BCUT2D eigenvalue weighted by Crippen LogP contribution is 2.09. The molecule has 2 N–H and O–H groups in total. The molecule has 0 amide bonds. The predicted molar refractivity (Wildman–Crippen MR) is 71.3 cm³/mol. The van der Waals surface area contributed by atoms with Crippen LogP contribution in [0.5, 0.6) is 5.88 Å². The van der Waals surface area contributed by atoms with Crippen LogP contribution in [0.3, 0.4) is 0 Å². The minimum absolute atomic E-state index is 0.155. The highest BCUT2D eigenvalue weighted by molar-refractivity contribution is 7.80. The molecule has 0 aliphatic rings. The third-order valence-electron chi connectivity index (χ3n) is 1.84. The van der Waals surface area contributed by atoms with Gasteiger partial charge in [-0.3, -0.25) is 0 Å². The SMILES string of the molecule is CC(C)(C)OCCOc1cccc(C(N)=S)n1. The molecule has 0 radical (unpaired) electrons. The van der Waals surface area contributed by atoms with E-state index < -0.39 is 0 Å². The first-order chi connectivity index (χ1) is 7.88. The van der Waals surface area contributed by atoms with Crippen molar-refractivity contribution in [1.29, 1.82) is 0 Å². The van der Waals surface area contributed by atoms with Crippen molar-refractivity contribution < 1.29 is 9.47 Å². The quantitative estimate of drug-likeness (QED) is 0.642. The van der Waals surface area contributed by atoms with Gasteiger partial charge >= 0.3 is 0 Å². The molecule has 0 spiro atoms. The summed E-state index contributed by atoms with van der Waals surface area (Å²) in [6.45, 7) is 6.96. The maximum atomic E-state index is 5.53. The summed E-state index contributed by atoms with van der Waals surface area (Å²) in [6.07, 6.45) is 0. The van der Waals surface area contributed by atoms with E-state index in [9.17, 15) is 0 Å². The lowest BCUT2D eigenvalue weighted by molar-refractivity contribution is -0.0168. The summed E-state index contributed by atoms with van der Waals surface area (Å²) in [5.74, 6) is 0.507. The number of hydrogen-bond donors (Lipinski definition) is 1. The second-order valence-electron chi connectivity index (χ2n) is 4.53. The summed E-state index contributed by atoms with van der Waals surface area (Å²) in [4.78, 5) is 4.43. The van der Waals surface area contributed by atoms with E-state index in [1.807, 2.05) is 20.8 Å². The Bertz CT molecular complexity index is 388. The molecule has 4 nitrogen and oxygen atoms in total. The van der Waals surface area contributed by atoms with Crippen LogP contribution in [0.25, 0.3) is 0 Å². The van der Waals surface area contributed by atoms with Crippen LogP contribution in [0.1, 0.15) is 26.5 Å². The first-order valence-electron chi connectivity index (χ1n) is 5.42. The van der Waals surface area contributed by atoms with Crippen LogP contribution >= 0.6 is 12.2 Å². The van der Waals surface area contributed by atoms with Crippen molar-refractivity contribution in [1.82, 2.24) is 4.98 Å². The molecule has 0 unspecified atom stereocenters. The molecule has 1 aromatic rings. The minimum atomic E-state index is -0.155. The van der Waals surface area contributed by atoms with E-state index in [1.165, 1.54) is 0 Å². The zero-order valence-electron chi connectivity index (χ0n) is 10.4. The summed E-state index contributed by atoms with van der Waals surface area (Å²) < 4.78 is 11.0. The van der Waals surface area contributed by atoms with Crippen molar-refractivity contribution in [2.45, 2.75) is 26.4 Å². The fraction of sp³-hybridized carbons (Fsp3) is 0.500. The Morgan fingerprint density at radius 3 is 2.65 bits per heavy atom. The highest BCUT2D eigenvalue weighted by atomic mass is 32.1. The zero-order valence-corrected chi connectivity index (χ0v) is 11.2. The molecule has 0 fully saturated rings. The van der Waals surface area contributed by atoms with Gasteiger partial charge in [-0.15, -0.1) is 0 Å². The van der Waals surface area contributed by atoms with Gasteiger partial charge in [0.1, 0.15) is 17.3 Å². The van der Waals surface area contributed by atoms with Crippen LogP contribution in [0.4, 0.5) is 0 Å². The number of aromatic nitrogens is 1. The fourth-order valence-electron chi connectivity index (χ4n) is 1.13. The number of pyridine rings is 1. The number of hydrogen-bond acceptors (Lipinski definition) is 4. The summed E-state index contributed by atoms with van der Waals surface area (Å²) in [5.41, 5.74) is 5.89. The maximum absolute atomic E-state index is 5.53. The molecule has 17 heavy (non-hydrogen) atoms. The van der Waals surface area contributed by atoms with E-state index in [0.717, 1.165) is 0 Å². The molecule has 1 heterocycles. The average Bonchev–Trinajstić information content (AvgIpc) is 2.23. The summed E-state index contributed by atoms with van der Waals surface area (Å²) in [5, 5.41) is 0. The first-order valence-corrected chi connectivity index (χ1v) is 5.83. The number of ether oxygens (including phenoxy) is 2. The van der Waals surface area contributed by atoms with Gasteiger partial charge in [-0.25, -0.2) is 4.98 Å². The molecule has 0 aromatic carbocycles. The number of nitrogens with two attached hydrogens (primary N) is 1. The van der Waals surface area contributed by atoms with E-state index in [2.05, 4.69) is 4.98 Å². The smallest absolute Gasteiger partial charge is 0.213 e. The van der Waals surface area contributed by atoms with E-state index in [0.29, 0.717) is 24.8 Å².